The maximum atomic E-state index is 13.2. The third-order valence-electron chi connectivity index (χ3n) is 21.1. The highest BCUT2D eigenvalue weighted by Crippen LogP contribution is 2.45. The number of hydrogen-bond donors (Lipinski definition) is 3. The largest absolute Gasteiger partial charge is 0.472 e. The summed E-state index contributed by atoms with van der Waals surface area (Å²) in [5.41, 5.74) is 0. The molecule has 0 aliphatic rings. The van der Waals surface area contributed by atoms with Gasteiger partial charge in [-0.25, -0.2) is 9.13 Å². The molecule has 0 aliphatic heterocycles. The molecule has 107 heavy (non-hydrogen) atoms. The normalized spacial score (nSPS) is 14.0. The molecule has 0 heterocycles. The Balaban J connectivity index is 5.21. The van der Waals surface area contributed by atoms with E-state index in [0.717, 1.165) is 102 Å². The van der Waals surface area contributed by atoms with E-state index in [1.165, 1.54) is 283 Å². The van der Waals surface area contributed by atoms with E-state index < -0.39 is 97.5 Å². The first-order chi connectivity index (χ1) is 51.9. The number of aliphatic hydroxyl groups is 1. The topological polar surface area (TPSA) is 237 Å². The molecule has 3 N–H and O–H groups in total. The lowest BCUT2D eigenvalue weighted by Gasteiger charge is -2.21. The zero-order valence-electron chi connectivity index (χ0n) is 70.5. The molecule has 0 saturated heterocycles. The lowest BCUT2D eigenvalue weighted by molar-refractivity contribution is -0.161. The number of unbranched alkanes of at least 4 members (excludes halogenated alkanes) is 56. The second kappa shape index (κ2) is 79.3. The molecular weight excluding hydrogens is 1390 g/mol. The van der Waals surface area contributed by atoms with Crippen LogP contribution in [0.4, 0.5) is 0 Å². The average Bonchev–Trinajstić information content (AvgIpc) is 0.907. The number of carbonyl (C=O) groups excluding carboxylic acids is 4. The Morgan fingerprint density at radius 3 is 0.710 bits per heavy atom. The summed E-state index contributed by atoms with van der Waals surface area (Å²) >= 11 is 0. The summed E-state index contributed by atoms with van der Waals surface area (Å²) in [4.78, 5) is 73.2. The lowest BCUT2D eigenvalue weighted by atomic mass is 9.99. The van der Waals surface area contributed by atoms with Gasteiger partial charge in [-0.15, -0.1) is 0 Å². The Morgan fingerprint density at radius 1 is 0.271 bits per heavy atom. The fourth-order valence-corrected chi connectivity index (χ4v) is 15.3. The van der Waals surface area contributed by atoms with Gasteiger partial charge in [0.2, 0.25) is 0 Å². The molecule has 0 spiro atoms. The summed E-state index contributed by atoms with van der Waals surface area (Å²) in [5, 5.41) is 10.7. The van der Waals surface area contributed by atoms with Crippen LogP contribution in [0.3, 0.4) is 0 Å². The van der Waals surface area contributed by atoms with E-state index in [1.807, 2.05) is 0 Å². The van der Waals surface area contributed by atoms with Crippen LogP contribution in [0.1, 0.15) is 472 Å². The minimum Gasteiger partial charge on any atom is -0.462 e. The summed E-state index contributed by atoms with van der Waals surface area (Å²) < 4.78 is 68.9. The van der Waals surface area contributed by atoms with E-state index in [9.17, 15) is 43.2 Å². The van der Waals surface area contributed by atoms with Crippen LogP contribution in [0.2, 0.25) is 0 Å². The van der Waals surface area contributed by atoms with Gasteiger partial charge in [0.25, 0.3) is 0 Å². The van der Waals surface area contributed by atoms with Crippen LogP contribution < -0.4 is 0 Å². The van der Waals surface area contributed by atoms with E-state index in [1.54, 1.807) is 0 Å². The predicted molar refractivity (Wildman–Crippen MR) is 442 cm³/mol. The van der Waals surface area contributed by atoms with E-state index in [4.69, 9.17) is 37.0 Å². The van der Waals surface area contributed by atoms with Gasteiger partial charge in [-0.3, -0.25) is 37.3 Å². The molecule has 17 nitrogen and oxygen atoms in total. The van der Waals surface area contributed by atoms with Gasteiger partial charge in [0.05, 0.1) is 26.4 Å². The first-order valence-electron chi connectivity index (χ1n) is 45.5. The lowest BCUT2D eigenvalue weighted by Crippen LogP contribution is -2.30. The first-order valence-corrected chi connectivity index (χ1v) is 48.5. The molecule has 19 heteroatoms. The number of hydrogen-bond acceptors (Lipinski definition) is 15. The minimum atomic E-state index is -4.97. The van der Waals surface area contributed by atoms with Crippen LogP contribution in [-0.4, -0.2) is 96.7 Å². The van der Waals surface area contributed by atoms with Crippen molar-refractivity contribution in [3.05, 3.63) is 0 Å². The Bertz CT molecular complexity index is 2050. The average molecular weight is 1560 g/mol. The standard InChI is InChI=1S/C88H172O17P2/c1-7-10-12-14-16-18-20-22-24-26-28-30-32-34-36-38-40-42-47-53-60-66-72-87(92)104-83(76-98-85(90)70-64-58-52-46-41-39-37-35-33-31-29-27-25-23-21-19-17-15-13-11-8-2)78-102-106(94,95)100-74-82(89)75-101-107(96,97)103-79-84(77-99-86(91)71-65-59-55-49-50-56-62-68-80(4)5)105-88(93)73-67-61-54-48-44-43-45-51-57-63-69-81(6)9-3/h80-84,89H,7-79H2,1-6H3,(H,94,95)(H,96,97)/t81?,82-,83-,84-/m1/s1. The fraction of sp³-hybridized carbons (Fsp3) is 0.955. The van der Waals surface area contributed by atoms with Crippen LogP contribution >= 0.6 is 15.6 Å². The maximum absolute atomic E-state index is 13.2. The van der Waals surface area contributed by atoms with Gasteiger partial charge in [-0.05, 0) is 37.5 Å². The number of phosphoric acid groups is 2. The van der Waals surface area contributed by atoms with Crippen molar-refractivity contribution in [3.8, 4) is 0 Å². The number of carbonyl (C=O) groups is 4. The van der Waals surface area contributed by atoms with Crippen LogP contribution in [0.5, 0.6) is 0 Å². The molecule has 0 amide bonds. The van der Waals surface area contributed by atoms with Gasteiger partial charge < -0.3 is 33.8 Å². The summed E-state index contributed by atoms with van der Waals surface area (Å²) in [5.74, 6) is -0.596. The van der Waals surface area contributed by atoms with Crippen molar-refractivity contribution < 1.29 is 80.2 Å². The van der Waals surface area contributed by atoms with Gasteiger partial charge >= 0.3 is 39.5 Å². The number of aliphatic hydroxyl groups excluding tert-OH is 1. The van der Waals surface area contributed by atoms with Crippen LogP contribution in [0.25, 0.3) is 0 Å². The summed E-state index contributed by atoms with van der Waals surface area (Å²) in [6, 6.07) is 0. The van der Waals surface area contributed by atoms with Gasteiger partial charge in [0.1, 0.15) is 19.3 Å². The van der Waals surface area contributed by atoms with Crippen molar-refractivity contribution >= 4 is 39.5 Å². The SMILES string of the molecule is CCCCCCCCCCCCCCCCCCCCCCCCC(=O)O[C@H](COC(=O)CCCCCCCCCCCCCCCCCCCCCCC)COP(=O)(O)OC[C@@H](O)COP(=O)(O)OC[C@@H](COC(=O)CCCCCCCCCC(C)C)OC(=O)CCCCCCCCCCCCC(C)CC. The van der Waals surface area contributed by atoms with Gasteiger partial charge in [-0.2, -0.15) is 0 Å². The van der Waals surface area contributed by atoms with Crippen LogP contribution in [-0.2, 0) is 65.4 Å². The van der Waals surface area contributed by atoms with Gasteiger partial charge in [0.15, 0.2) is 12.2 Å². The molecule has 0 radical (unpaired) electrons. The first kappa shape index (κ1) is 105. The highest BCUT2D eigenvalue weighted by Gasteiger charge is 2.31. The number of rotatable bonds is 87. The molecule has 0 aliphatic carbocycles. The molecule has 0 aromatic heterocycles. The molecule has 0 aromatic rings. The number of phosphoric ester groups is 2. The zero-order chi connectivity index (χ0) is 78.5. The zero-order valence-corrected chi connectivity index (χ0v) is 72.2. The molecule has 636 valence electrons. The quantitative estimate of drug-likeness (QED) is 0.0222. The Labute approximate surface area is 658 Å². The third kappa shape index (κ3) is 80.5. The predicted octanol–water partition coefficient (Wildman–Crippen LogP) is 27.0. The molecule has 0 bridgehead atoms. The minimum absolute atomic E-state index is 0.106. The number of ether oxygens (including phenoxy) is 4. The van der Waals surface area contributed by atoms with Crippen LogP contribution in [0.15, 0.2) is 0 Å². The number of esters is 4. The van der Waals surface area contributed by atoms with Crippen LogP contribution in [0, 0.1) is 11.8 Å². The van der Waals surface area contributed by atoms with E-state index in [0.29, 0.717) is 31.6 Å². The van der Waals surface area contributed by atoms with E-state index in [-0.39, 0.29) is 25.7 Å². The molecule has 0 saturated carbocycles. The fourth-order valence-electron chi connectivity index (χ4n) is 13.7. The highest BCUT2D eigenvalue weighted by molar-refractivity contribution is 7.47. The molecule has 0 fully saturated rings. The van der Waals surface area contributed by atoms with E-state index >= 15 is 0 Å². The smallest absolute Gasteiger partial charge is 0.462 e. The Kier molecular flexibility index (Phi) is 77.9. The summed E-state index contributed by atoms with van der Waals surface area (Å²) in [7, 11) is -9.93. The van der Waals surface area contributed by atoms with Gasteiger partial charge in [0, 0.05) is 25.7 Å². The monoisotopic (exact) mass is 1560 g/mol. The third-order valence-corrected chi connectivity index (χ3v) is 23.0. The molecule has 0 aromatic carbocycles. The summed E-state index contributed by atoms with van der Waals surface area (Å²) in [6.45, 7) is 9.64. The summed E-state index contributed by atoms with van der Waals surface area (Å²) in [6.07, 6.45) is 72.5. The Morgan fingerprint density at radius 2 is 0.477 bits per heavy atom. The second-order valence-electron chi connectivity index (χ2n) is 32.4. The molecule has 0 rings (SSSR count). The van der Waals surface area contributed by atoms with Crippen molar-refractivity contribution in [2.75, 3.05) is 39.6 Å². The van der Waals surface area contributed by atoms with Gasteiger partial charge in [-0.1, -0.05) is 420 Å². The highest BCUT2D eigenvalue weighted by atomic mass is 31.2. The van der Waals surface area contributed by atoms with Crippen molar-refractivity contribution in [1.29, 1.82) is 0 Å². The van der Waals surface area contributed by atoms with Crippen molar-refractivity contribution in [2.24, 2.45) is 11.8 Å². The van der Waals surface area contributed by atoms with Crippen molar-refractivity contribution in [2.45, 2.75) is 490 Å². The van der Waals surface area contributed by atoms with E-state index in [2.05, 4.69) is 41.5 Å². The van der Waals surface area contributed by atoms with Crippen molar-refractivity contribution in [1.82, 2.24) is 0 Å². The van der Waals surface area contributed by atoms with Crippen molar-refractivity contribution in [3.63, 3.8) is 0 Å². The second-order valence-corrected chi connectivity index (χ2v) is 35.3. The Hall–Kier alpha value is -1.94. The molecule has 6 atom stereocenters. The molecular formula is C88H172O17P2. The maximum Gasteiger partial charge on any atom is 0.472 e. The molecule has 3 unspecified atom stereocenters.